The molecule has 0 rings (SSSR count). The van der Waals surface area contributed by atoms with E-state index in [9.17, 15) is 0 Å². The molecule has 0 bridgehead atoms. The lowest BCUT2D eigenvalue weighted by Gasteiger charge is -2.29. The Morgan fingerprint density at radius 1 is 1.00 bits per heavy atom. The molecule has 0 aromatic rings. The van der Waals surface area contributed by atoms with Crippen molar-refractivity contribution in [2.75, 3.05) is 59.2 Å². The van der Waals surface area contributed by atoms with Gasteiger partial charge in [0, 0.05) is 20.2 Å². The van der Waals surface area contributed by atoms with Crippen LogP contribution in [0.15, 0.2) is 0 Å². The summed E-state index contributed by atoms with van der Waals surface area (Å²) < 4.78 is 5.42. The number of rotatable bonds is 8. The summed E-state index contributed by atoms with van der Waals surface area (Å²) in [5.41, 5.74) is 0. The van der Waals surface area contributed by atoms with E-state index < -0.39 is 0 Å². The second kappa shape index (κ2) is 8.88. The van der Waals surface area contributed by atoms with Crippen molar-refractivity contribution in [2.45, 2.75) is 13.2 Å². The number of hydrogen-bond acceptors (Lipinski definition) is 2. The van der Waals surface area contributed by atoms with Gasteiger partial charge in [-0.05, 0) is 45.9 Å². The van der Waals surface area contributed by atoms with E-state index in [0.717, 1.165) is 0 Å². The summed E-state index contributed by atoms with van der Waals surface area (Å²) in [5.74, 6) is 0. The van der Waals surface area contributed by atoms with E-state index in [1.807, 2.05) is 0 Å². The summed E-state index contributed by atoms with van der Waals surface area (Å²) in [6.07, 6.45) is 2.93. The van der Waals surface area contributed by atoms with E-state index in [4.69, 9.17) is 4.74 Å². The zero-order valence-electron chi connectivity index (χ0n) is 11.2. The van der Waals surface area contributed by atoms with Gasteiger partial charge in [-0.3, -0.25) is 4.90 Å². The van der Waals surface area contributed by atoms with Gasteiger partial charge in [-0.25, -0.2) is 0 Å². The van der Waals surface area contributed by atoms with E-state index in [2.05, 4.69) is 38.5 Å². The van der Waals surface area contributed by atoms with Crippen molar-refractivity contribution in [3.63, 3.8) is 0 Å². The highest BCUT2D eigenvalue weighted by Crippen LogP contribution is 2.26. The lowest BCUT2D eigenvalue weighted by Crippen LogP contribution is -2.38. The number of methoxy groups -OCH3 is 1. The molecule has 0 spiro atoms. The predicted molar refractivity (Wildman–Crippen MR) is 75.3 cm³/mol. The molecule has 1 atom stereocenters. The van der Waals surface area contributed by atoms with Crippen LogP contribution in [0.2, 0.25) is 0 Å². The molecule has 15 heavy (non-hydrogen) atoms. The van der Waals surface area contributed by atoms with Crippen LogP contribution in [0.1, 0.15) is 6.92 Å². The Kier molecular flexibility index (Phi) is 9.34. The number of nitrogens with zero attached hydrogens (tertiary/aromatic N) is 1. The molecule has 0 fully saturated rings. The van der Waals surface area contributed by atoms with Crippen molar-refractivity contribution in [1.82, 2.24) is 4.90 Å². The molecule has 0 saturated heterocycles. The van der Waals surface area contributed by atoms with Crippen LogP contribution in [0.5, 0.6) is 0 Å². The van der Waals surface area contributed by atoms with Crippen molar-refractivity contribution in [3.8, 4) is 0 Å². The minimum atomic E-state index is 0.219. The molecule has 0 aliphatic rings. The van der Waals surface area contributed by atoms with Crippen LogP contribution in [0.25, 0.3) is 0 Å². The van der Waals surface area contributed by atoms with Gasteiger partial charge in [0.2, 0.25) is 0 Å². The van der Waals surface area contributed by atoms with E-state index in [1.165, 1.54) is 25.4 Å². The first-order valence-corrected chi connectivity index (χ1v) is 10.4. The Hall–Kier alpha value is 0.780. The van der Waals surface area contributed by atoms with Crippen LogP contribution < -0.4 is 0 Å². The third kappa shape index (κ3) is 8.57. The Bertz CT molecular complexity index is 142. The standard InChI is InChI=1S/C11H27NOP2/c1-11(13-2)12(7-9-14(3)4)8-10-15(5)6/h11H,7-10H2,1-6H3. The SMILES string of the molecule is COC(C)N(CCP(C)C)CCP(C)C. The maximum absolute atomic E-state index is 5.42. The molecule has 0 saturated carbocycles. The van der Waals surface area contributed by atoms with Crippen LogP contribution in [-0.4, -0.2) is 70.3 Å². The van der Waals surface area contributed by atoms with Crippen LogP contribution >= 0.6 is 15.8 Å². The topological polar surface area (TPSA) is 12.5 Å². The quantitative estimate of drug-likeness (QED) is 0.486. The van der Waals surface area contributed by atoms with E-state index in [-0.39, 0.29) is 22.1 Å². The average molecular weight is 251 g/mol. The highest BCUT2D eigenvalue weighted by molar-refractivity contribution is 7.56. The molecule has 0 aromatic heterocycles. The minimum absolute atomic E-state index is 0.219. The molecule has 0 aliphatic carbocycles. The fourth-order valence-electron chi connectivity index (χ4n) is 1.28. The van der Waals surface area contributed by atoms with Crippen molar-refractivity contribution >= 4 is 15.8 Å². The molecule has 0 amide bonds. The average Bonchev–Trinajstić information content (AvgIpc) is 2.16. The minimum Gasteiger partial charge on any atom is -0.367 e. The fraction of sp³-hybridized carbons (Fsp3) is 1.00. The van der Waals surface area contributed by atoms with E-state index in [1.54, 1.807) is 7.11 Å². The molecule has 0 aromatic carbocycles. The van der Waals surface area contributed by atoms with Crippen molar-refractivity contribution < 1.29 is 4.74 Å². The van der Waals surface area contributed by atoms with Crippen LogP contribution in [0.3, 0.4) is 0 Å². The van der Waals surface area contributed by atoms with Crippen molar-refractivity contribution in [3.05, 3.63) is 0 Å². The van der Waals surface area contributed by atoms with Gasteiger partial charge in [0.15, 0.2) is 0 Å². The smallest absolute Gasteiger partial charge is 0.107 e. The Labute approximate surface area is 98.3 Å². The Morgan fingerprint density at radius 3 is 1.67 bits per heavy atom. The van der Waals surface area contributed by atoms with E-state index >= 15 is 0 Å². The largest absolute Gasteiger partial charge is 0.367 e. The molecular formula is C11H27NOP2. The first-order chi connectivity index (χ1) is 6.97. The maximum Gasteiger partial charge on any atom is 0.107 e. The molecule has 0 radical (unpaired) electrons. The van der Waals surface area contributed by atoms with Gasteiger partial charge in [0.05, 0.1) is 0 Å². The van der Waals surface area contributed by atoms with Crippen LogP contribution in [0.4, 0.5) is 0 Å². The lowest BCUT2D eigenvalue weighted by atomic mass is 10.4. The normalized spacial score (nSPS) is 14.2. The summed E-state index contributed by atoms with van der Waals surface area (Å²) in [6.45, 7) is 13.9. The first-order valence-electron chi connectivity index (χ1n) is 5.53. The summed E-state index contributed by atoms with van der Waals surface area (Å²) in [4.78, 5) is 2.48. The number of ether oxygens (including phenoxy) is 1. The third-order valence-corrected chi connectivity index (χ3v) is 4.71. The van der Waals surface area contributed by atoms with Gasteiger partial charge in [-0.1, -0.05) is 0 Å². The summed E-state index contributed by atoms with van der Waals surface area (Å²) in [5, 5.41) is 0. The zero-order chi connectivity index (χ0) is 11.8. The summed E-state index contributed by atoms with van der Waals surface area (Å²) in [7, 11) is 2.24. The van der Waals surface area contributed by atoms with Crippen molar-refractivity contribution in [1.29, 1.82) is 0 Å². The molecule has 4 heteroatoms. The van der Waals surface area contributed by atoms with Gasteiger partial charge >= 0.3 is 0 Å². The van der Waals surface area contributed by atoms with Crippen LogP contribution in [0, 0.1) is 0 Å². The van der Waals surface area contributed by atoms with E-state index in [0.29, 0.717) is 0 Å². The van der Waals surface area contributed by atoms with Crippen LogP contribution in [-0.2, 0) is 4.74 Å². The molecule has 1 unspecified atom stereocenters. The van der Waals surface area contributed by atoms with Crippen molar-refractivity contribution in [2.24, 2.45) is 0 Å². The zero-order valence-corrected chi connectivity index (χ0v) is 12.9. The Balaban J connectivity index is 3.95. The molecule has 92 valence electrons. The molecule has 2 nitrogen and oxygen atoms in total. The molecular weight excluding hydrogens is 224 g/mol. The summed E-state index contributed by atoms with van der Waals surface area (Å²) >= 11 is 0. The van der Waals surface area contributed by atoms with Gasteiger partial charge in [0.1, 0.15) is 6.23 Å². The van der Waals surface area contributed by atoms with Gasteiger partial charge in [-0.2, -0.15) is 0 Å². The molecule has 0 aliphatic heterocycles. The van der Waals surface area contributed by atoms with Gasteiger partial charge < -0.3 is 4.74 Å². The molecule has 0 N–H and O–H groups in total. The number of hydrogen-bond donors (Lipinski definition) is 0. The molecule has 0 heterocycles. The second-order valence-electron chi connectivity index (χ2n) is 4.48. The fourth-order valence-corrected chi connectivity index (χ4v) is 2.60. The highest BCUT2D eigenvalue weighted by atomic mass is 31.1. The monoisotopic (exact) mass is 251 g/mol. The predicted octanol–water partition coefficient (Wildman–Crippen LogP) is 2.76. The first kappa shape index (κ1) is 15.8. The highest BCUT2D eigenvalue weighted by Gasteiger charge is 2.13. The Morgan fingerprint density at radius 2 is 1.40 bits per heavy atom. The third-order valence-electron chi connectivity index (χ3n) is 2.52. The lowest BCUT2D eigenvalue weighted by molar-refractivity contribution is -0.0118. The maximum atomic E-state index is 5.42. The van der Waals surface area contributed by atoms with Gasteiger partial charge in [-0.15, -0.1) is 15.8 Å². The van der Waals surface area contributed by atoms with Gasteiger partial charge in [0.25, 0.3) is 0 Å². The summed E-state index contributed by atoms with van der Waals surface area (Å²) in [6, 6.07) is 0. The second-order valence-corrected chi connectivity index (χ2v) is 9.69.